The maximum absolute atomic E-state index is 13.5. The van der Waals surface area contributed by atoms with Gasteiger partial charge in [0, 0.05) is 6.04 Å². The fraction of sp³-hybridized carbons (Fsp3) is 0.462. The van der Waals surface area contributed by atoms with Gasteiger partial charge in [0.2, 0.25) is 21.8 Å². The molecule has 5 rings (SSSR count). The van der Waals surface area contributed by atoms with Crippen LogP contribution in [0.1, 0.15) is 61.3 Å². The number of hydrogen-bond acceptors (Lipinski definition) is 5. The van der Waals surface area contributed by atoms with Gasteiger partial charge < -0.3 is 4.74 Å². The highest BCUT2D eigenvalue weighted by molar-refractivity contribution is 7.89. The van der Waals surface area contributed by atoms with Crippen molar-refractivity contribution in [1.29, 1.82) is 0 Å². The first-order valence-corrected chi connectivity index (χ1v) is 13.5. The SMILES string of the molecule is COc1ccc(CN2C(=O)[C@@H]3CCCC[C@H]3C2=O)cc1S(=O)(=O)N[C@H]1CCCc2ccccc21. The number of ether oxygens (including phenoxy) is 1. The van der Waals surface area contributed by atoms with Gasteiger partial charge in [0.15, 0.2) is 0 Å². The van der Waals surface area contributed by atoms with Crippen LogP contribution in [-0.4, -0.2) is 32.2 Å². The summed E-state index contributed by atoms with van der Waals surface area (Å²) < 4.78 is 35.2. The van der Waals surface area contributed by atoms with Gasteiger partial charge in [0.25, 0.3) is 0 Å². The van der Waals surface area contributed by atoms with Gasteiger partial charge in [0.1, 0.15) is 10.6 Å². The zero-order valence-corrected chi connectivity index (χ0v) is 20.1. The topological polar surface area (TPSA) is 92.8 Å². The number of fused-ring (bicyclic) bond motifs is 2. The number of amides is 2. The van der Waals surface area contributed by atoms with Crippen LogP contribution in [0, 0.1) is 11.8 Å². The molecule has 1 N–H and O–H groups in total. The molecule has 2 amide bonds. The van der Waals surface area contributed by atoms with E-state index in [-0.39, 0.29) is 46.9 Å². The molecule has 3 atom stereocenters. The van der Waals surface area contributed by atoms with Gasteiger partial charge in [-0.25, -0.2) is 13.1 Å². The van der Waals surface area contributed by atoms with E-state index in [9.17, 15) is 18.0 Å². The molecule has 180 valence electrons. The van der Waals surface area contributed by atoms with E-state index in [2.05, 4.69) is 4.72 Å². The summed E-state index contributed by atoms with van der Waals surface area (Å²) in [6.07, 6.45) is 6.00. The molecule has 34 heavy (non-hydrogen) atoms. The lowest BCUT2D eigenvalue weighted by molar-refractivity contribution is -0.140. The van der Waals surface area contributed by atoms with Crippen molar-refractivity contribution in [1.82, 2.24) is 9.62 Å². The van der Waals surface area contributed by atoms with E-state index in [1.54, 1.807) is 12.1 Å². The third-order valence-corrected chi connectivity index (χ3v) is 8.95. The lowest BCUT2D eigenvalue weighted by Crippen LogP contribution is -2.32. The smallest absolute Gasteiger partial charge is 0.244 e. The highest BCUT2D eigenvalue weighted by Gasteiger charge is 2.48. The first kappa shape index (κ1) is 23.1. The Bertz CT molecular complexity index is 1200. The van der Waals surface area contributed by atoms with Crippen LogP contribution < -0.4 is 9.46 Å². The van der Waals surface area contributed by atoms with Gasteiger partial charge >= 0.3 is 0 Å². The summed E-state index contributed by atoms with van der Waals surface area (Å²) in [5.74, 6) is -0.488. The monoisotopic (exact) mass is 482 g/mol. The van der Waals surface area contributed by atoms with E-state index in [0.717, 1.165) is 56.1 Å². The predicted octanol–water partition coefficient (Wildman–Crippen LogP) is 3.73. The third-order valence-electron chi connectivity index (χ3n) is 7.46. The average Bonchev–Trinajstić information content (AvgIpc) is 3.09. The van der Waals surface area contributed by atoms with Crippen molar-refractivity contribution in [3.63, 3.8) is 0 Å². The lowest BCUT2D eigenvalue weighted by atomic mass is 9.81. The number of methoxy groups -OCH3 is 1. The molecule has 1 saturated heterocycles. The van der Waals surface area contributed by atoms with Crippen molar-refractivity contribution in [2.45, 2.75) is 62.4 Å². The second kappa shape index (κ2) is 9.15. The molecule has 2 aromatic rings. The molecule has 1 heterocycles. The van der Waals surface area contributed by atoms with Crippen LogP contribution >= 0.6 is 0 Å². The summed E-state index contributed by atoms with van der Waals surface area (Å²) >= 11 is 0. The largest absolute Gasteiger partial charge is 0.495 e. The van der Waals surface area contributed by atoms with Gasteiger partial charge in [-0.1, -0.05) is 43.2 Å². The van der Waals surface area contributed by atoms with Crippen LogP contribution in [0.4, 0.5) is 0 Å². The molecular formula is C26H30N2O5S. The Morgan fingerprint density at radius 2 is 1.68 bits per heavy atom. The molecule has 8 heteroatoms. The van der Waals surface area contributed by atoms with Crippen molar-refractivity contribution < 1.29 is 22.7 Å². The molecule has 3 aliphatic rings. The Balaban J connectivity index is 1.41. The van der Waals surface area contributed by atoms with Crippen molar-refractivity contribution in [3.05, 3.63) is 59.2 Å². The Hall–Kier alpha value is -2.71. The number of imide groups is 1. The van der Waals surface area contributed by atoms with Crippen LogP contribution in [0.5, 0.6) is 5.75 Å². The fourth-order valence-corrected chi connectivity index (χ4v) is 7.20. The average molecular weight is 483 g/mol. The van der Waals surface area contributed by atoms with Crippen molar-refractivity contribution in [2.75, 3.05) is 7.11 Å². The fourth-order valence-electron chi connectivity index (χ4n) is 5.73. The summed E-state index contributed by atoms with van der Waals surface area (Å²) in [4.78, 5) is 27.1. The Morgan fingerprint density at radius 3 is 2.38 bits per heavy atom. The van der Waals surface area contributed by atoms with Crippen molar-refractivity contribution in [3.8, 4) is 5.75 Å². The maximum Gasteiger partial charge on any atom is 0.244 e. The van der Waals surface area contributed by atoms with Gasteiger partial charge in [-0.3, -0.25) is 14.5 Å². The van der Waals surface area contributed by atoms with E-state index in [1.807, 2.05) is 24.3 Å². The number of carbonyl (C=O) groups excluding carboxylic acids is 2. The standard InChI is InChI=1S/C26H30N2O5S/c1-33-23-14-13-17(16-28-25(29)20-10-4-5-11-21(20)26(28)30)15-24(23)34(31,32)27-22-12-6-8-18-7-2-3-9-19(18)22/h2-3,7,9,13-15,20-22,27H,4-6,8,10-12,16H2,1H3/t20-,21-,22+/m1/s1. The van der Waals surface area contributed by atoms with Crippen LogP contribution in [-0.2, 0) is 32.6 Å². The molecular weight excluding hydrogens is 452 g/mol. The van der Waals surface area contributed by atoms with E-state index in [0.29, 0.717) is 5.56 Å². The summed E-state index contributed by atoms with van der Waals surface area (Å²) in [6.45, 7) is 0.0729. The molecule has 0 bridgehead atoms. The Labute approximate surface area is 200 Å². The minimum Gasteiger partial charge on any atom is -0.495 e. The number of rotatable bonds is 6. The van der Waals surface area contributed by atoms with E-state index >= 15 is 0 Å². The Morgan fingerprint density at radius 1 is 0.971 bits per heavy atom. The number of likely N-dealkylation sites (tertiary alicyclic amines) is 1. The Kier molecular flexibility index (Phi) is 6.20. The van der Waals surface area contributed by atoms with Gasteiger partial charge in [-0.2, -0.15) is 0 Å². The number of sulfonamides is 1. The van der Waals surface area contributed by atoms with Crippen molar-refractivity contribution >= 4 is 21.8 Å². The molecule has 0 aromatic heterocycles. The molecule has 2 fully saturated rings. The number of hydrogen-bond donors (Lipinski definition) is 1. The molecule has 0 spiro atoms. The second-order valence-corrected chi connectivity index (χ2v) is 11.2. The zero-order valence-electron chi connectivity index (χ0n) is 19.3. The quantitative estimate of drug-likeness (QED) is 0.634. The van der Waals surface area contributed by atoms with Gasteiger partial charge in [-0.15, -0.1) is 0 Å². The summed E-state index contributed by atoms with van der Waals surface area (Å²) in [6, 6.07) is 12.4. The first-order valence-electron chi connectivity index (χ1n) is 12.0. The summed E-state index contributed by atoms with van der Waals surface area (Å²) in [5.41, 5.74) is 2.75. The van der Waals surface area contributed by atoms with E-state index in [4.69, 9.17) is 4.74 Å². The summed E-state index contributed by atoms with van der Waals surface area (Å²) in [5, 5.41) is 0. The van der Waals surface area contributed by atoms with Crippen LogP contribution in [0.25, 0.3) is 0 Å². The normalized spacial score (nSPS) is 24.6. The van der Waals surface area contributed by atoms with Crippen LogP contribution in [0.3, 0.4) is 0 Å². The number of nitrogens with zero attached hydrogens (tertiary/aromatic N) is 1. The molecule has 1 saturated carbocycles. The van der Waals surface area contributed by atoms with E-state index in [1.165, 1.54) is 18.1 Å². The molecule has 2 aromatic carbocycles. The van der Waals surface area contributed by atoms with E-state index < -0.39 is 10.0 Å². The number of aryl methyl sites for hydroxylation is 1. The third kappa shape index (κ3) is 4.14. The second-order valence-electron chi connectivity index (χ2n) is 9.51. The first-order chi connectivity index (χ1) is 16.4. The number of carbonyl (C=O) groups is 2. The van der Waals surface area contributed by atoms with Crippen LogP contribution in [0.15, 0.2) is 47.4 Å². The lowest BCUT2D eigenvalue weighted by Gasteiger charge is -2.26. The van der Waals surface area contributed by atoms with Crippen molar-refractivity contribution in [2.24, 2.45) is 11.8 Å². The zero-order chi connectivity index (χ0) is 23.9. The van der Waals surface area contributed by atoms with Gasteiger partial charge in [-0.05, 0) is 60.9 Å². The molecule has 7 nitrogen and oxygen atoms in total. The minimum atomic E-state index is -3.91. The maximum atomic E-state index is 13.5. The molecule has 0 unspecified atom stereocenters. The number of benzene rings is 2. The van der Waals surface area contributed by atoms with Gasteiger partial charge in [0.05, 0.1) is 25.5 Å². The number of nitrogens with one attached hydrogen (secondary N) is 1. The predicted molar refractivity (Wildman–Crippen MR) is 126 cm³/mol. The van der Waals surface area contributed by atoms with Crippen LogP contribution in [0.2, 0.25) is 0 Å². The molecule has 2 aliphatic carbocycles. The summed E-state index contributed by atoms with van der Waals surface area (Å²) in [7, 11) is -2.48. The minimum absolute atomic E-state index is 0.0204. The highest BCUT2D eigenvalue weighted by atomic mass is 32.2. The molecule has 0 radical (unpaired) electrons. The highest BCUT2D eigenvalue weighted by Crippen LogP contribution is 2.39. The molecule has 1 aliphatic heterocycles.